The van der Waals surface area contributed by atoms with Gasteiger partial charge in [0.05, 0.1) is 10.9 Å². The molecule has 0 aromatic heterocycles. The number of nitrogens with zero attached hydrogens (tertiary/aromatic N) is 2. The predicted molar refractivity (Wildman–Crippen MR) is 126 cm³/mol. The molecule has 1 aliphatic heterocycles. The summed E-state index contributed by atoms with van der Waals surface area (Å²) in [5.74, 6) is -0.229. The molecule has 7 nitrogen and oxygen atoms in total. The summed E-state index contributed by atoms with van der Waals surface area (Å²) < 4.78 is 27.1. The van der Waals surface area contributed by atoms with Gasteiger partial charge in [0.1, 0.15) is 0 Å². The van der Waals surface area contributed by atoms with Gasteiger partial charge < -0.3 is 10.2 Å². The molecule has 2 amide bonds. The van der Waals surface area contributed by atoms with Gasteiger partial charge in [-0.05, 0) is 49.4 Å². The van der Waals surface area contributed by atoms with Crippen molar-refractivity contribution in [1.82, 2.24) is 14.5 Å². The molecule has 2 aromatic rings. The Labute approximate surface area is 195 Å². The molecule has 8 heteroatoms. The number of hydrogen-bond donors (Lipinski definition) is 1. The molecule has 0 radical (unpaired) electrons. The lowest BCUT2D eigenvalue weighted by molar-refractivity contribution is -0.134. The molecule has 1 fully saturated rings. The van der Waals surface area contributed by atoms with Crippen LogP contribution < -0.4 is 5.32 Å². The topological polar surface area (TPSA) is 86.8 Å². The Morgan fingerprint density at radius 2 is 1.67 bits per heavy atom. The summed E-state index contributed by atoms with van der Waals surface area (Å²) in [5, 5.41) is 3.09. The number of rotatable bonds is 6. The zero-order valence-electron chi connectivity index (χ0n) is 19.0. The van der Waals surface area contributed by atoms with Crippen LogP contribution in [0.5, 0.6) is 0 Å². The first-order valence-electron chi connectivity index (χ1n) is 11.6. The Balaban J connectivity index is 1.25. The molecule has 176 valence electrons. The number of piperazine rings is 1. The van der Waals surface area contributed by atoms with Crippen molar-refractivity contribution >= 4 is 21.8 Å². The van der Waals surface area contributed by atoms with Crippen molar-refractivity contribution in [1.29, 1.82) is 0 Å². The van der Waals surface area contributed by atoms with Gasteiger partial charge in [0.2, 0.25) is 21.8 Å². The van der Waals surface area contributed by atoms with Gasteiger partial charge in [0.25, 0.3) is 0 Å². The third-order valence-electron chi connectivity index (χ3n) is 6.52. The minimum atomic E-state index is -3.56. The number of amides is 2. The van der Waals surface area contributed by atoms with E-state index in [4.69, 9.17) is 0 Å². The second-order valence-electron chi connectivity index (χ2n) is 8.81. The molecule has 0 saturated carbocycles. The largest absolute Gasteiger partial charge is 0.349 e. The van der Waals surface area contributed by atoms with Crippen LogP contribution in [0.2, 0.25) is 0 Å². The molecule has 33 heavy (non-hydrogen) atoms. The van der Waals surface area contributed by atoms with Crippen molar-refractivity contribution in [3.05, 3.63) is 65.2 Å². The number of hydrogen-bond acceptors (Lipinski definition) is 4. The van der Waals surface area contributed by atoms with E-state index in [1.807, 2.05) is 19.1 Å². The van der Waals surface area contributed by atoms with Crippen molar-refractivity contribution in [3.63, 3.8) is 0 Å². The van der Waals surface area contributed by atoms with Gasteiger partial charge in [-0.25, -0.2) is 8.42 Å². The Bertz CT molecular complexity index is 1110. The molecule has 1 aliphatic carbocycles. The summed E-state index contributed by atoms with van der Waals surface area (Å²) in [5.41, 5.74) is 3.46. The van der Waals surface area contributed by atoms with Crippen LogP contribution in [0.25, 0.3) is 0 Å². The number of sulfonamides is 1. The number of carbonyl (C=O) groups is 2. The molecule has 0 spiro atoms. The Hall–Kier alpha value is -2.71. The highest BCUT2D eigenvalue weighted by atomic mass is 32.2. The van der Waals surface area contributed by atoms with E-state index in [9.17, 15) is 18.0 Å². The van der Waals surface area contributed by atoms with Gasteiger partial charge in [0, 0.05) is 39.0 Å². The van der Waals surface area contributed by atoms with Gasteiger partial charge in [-0.3, -0.25) is 9.59 Å². The minimum Gasteiger partial charge on any atom is -0.349 e. The molecule has 0 bridgehead atoms. The molecule has 1 N–H and O–H groups in total. The van der Waals surface area contributed by atoms with Crippen LogP contribution in [-0.2, 0) is 26.0 Å². The fourth-order valence-electron chi connectivity index (χ4n) is 4.59. The molecule has 2 aliphatic rings. The number of carbonyl (C=O) groups excluding carboxylic acids is 2. The standard InChI is InChI=1S/C25H31N3O4S/c1-19-9-11-21(12-10-19)33(31,32)28-17-15-27(16-18-28)25(30)14-13-24(29)26-23-8-4-6-20-5-2-3-7-22(20)23/h2-3,5,7,9-12,23H,4,6,8,13-18H2,1H3,(H,26,29)/t23-/m1/s1. The normalized spacial score (nSPS) is 19.1. The second kappa shape index (κ2) is 10.1. The first-order valence-corrected chi connectivity index (χ1v) is 13.0. The van der Waals surface area contributed by atoms with E-state index in [1.54, 1.807) is 29.2 Å². The van der Waals surface area contributed by atoms with Gasteiger partial charge in [-0.1, -0.05) is 42.0 Å². The van der Waals surface area contributed by atoms with Crippen LogP contribution in [0, 0.1) is 6.92 Å². The van der Waals surface area contributed by atoms with Gasteiger partial charge in [0.15, 0.2) is 0 Å². The maximum Gasteiger partial charge on any atom is 0.243 e. The molecular formula is C25H31N3O4S. The van der Waals surface area contributed by atoms with Gasteiger partial charge >= 0.3 is 0 Å². The van der Waals surface area contributed by atoms with Crippen LogP contribution in [0.15, 0.2) is 53.4 Å². The number of benzene rings is 2. The lowest BCUT2D eigenvalue weighted by Gasteiger charge is -2.34. The quantitative estimate of drug-likeness (QED) is 0.705. The van der Waals surface area contributed by atoms with Crippen LogP contribution in [-0.4, -0.2) is 55.6 Å². The summed E-state index contributed by atoms with van der Waals surface area (Å²) in [6.07, 6.45) is 3.25. The van der Waals surface area contributed by atoms with Crippen LogP contribution in [0.3, 0.4) is 0 Å². The van der Waals surface area contributed by atoms with Crippen molar-refractivity contribution < 1.29 is 18.0 Å². The maximum atomic E-state index is 12.8. The molecule has 1 saturated heterocycles. The Kier molecular flexibility index (Phi) is 7.14. The summed E-state index contributed by atoms with van der Waals surface area (Å²) in [6, 6.07) is 15.0. The smallest absolute Gasteiger partial charge is 0.243 e. The van der Waals surface area contributed by atoms with E-state index in [0.717, 1.165) is 24.8 Å². The average molecular weight is 470 g/mol. The van der Waals surface area contributed by atoms with E-state index in [2.05, 4.69) is 17.4 Å². The van der Waals surface area contributed by atoms with E-state index < -0.39 is 10.0 Å². The Morgan fingerprint density at radius 1 is 0.970 bits per heavy atom. The molecular weight excluding hydrogens is 438 g/mol. The average Bonchev–Trinajstić information content (AvgIpc) is 2.83. The van der Waals surface area contributed by atoms with Crippen molar-refractivity contribution in [2.24, 2.45) is 0 Å². The highest BCUT2D eigenvalue weighted by molar-refractivity contribution is 7.89. The summed E-state index contributed by atoms with van der Waals surface area (Å²) in [6.45, 7) is 3.10. The van der Waals surface area contributed by atoms with Crippen LogP contribution in [0.4, 0.5) is 0 Å². The lowest BCUT2D eigenvalue weighted by Crippen LogP contribution is -2.50. The van der Waals surface area contributed by atoms with E-state index in [0.29, 0.717) is 13.1 Å². The first kappa shape index (κ1) is 23.4. The molecule has 1 heterocycles. The van der Waals surface area contributed by atoms with Gasteiger partial charge in [-0.15, -0.1) is 0 Å². The van der Waals surface area contributed by atoms with E-state index >= 15 is 0 Å². The number of nitrogens with one attached hydrogen (secondary N) is 1. The van der Waals surface area contributed by atoms with Crippen LogP contribution in [0.1, 0.15) is 48.4 Å². The SMILES string of the molecule is Cc1ccc(S(=O)(=O)N2CCN(C(=O)CCC(=O)N[C@@H]3CCCc4ccccc43)CC2)cc1. The van der Waals surface area contributed by atoms with Crippen molar-refractivity contribution in [3.8, 4) is 0 Å². The Morgan fingerprint density at radius 3 is 2.39 bits per heavy atom. The summed E-state index contributed by atoms with van der Waals surface area (Å²) in [7, 11) is -3.56. The van der Waals surface area contributed by atoms with Gasteiger partial charge in [-0.2, -0.15) is 4.31 Å². The lowest BCUT2D eigenvalue weighted by atomic mass is 9.87. The summed E-state index contributed by atoms with van der Waals surface area (Å²) in [4.78, 5) is 27.1. The number of fused-ring (bicyclic) bond motifs is 1. The third-order valence-corrected chi connectivity index (χ3v) is 8.43. The monoisotopic (exact) mass is 469 g/mol. The zero-order chi connectivity index (χ0) is 23.4. The van der Waals surface area contributed by atoms with E-state index in [1.165, 1.54) is 15.4 Å². The van der Waals surface area contributed by atoms with Crippen molar-refractivity contribution in [2.45, 2.75) is 50.0 Å². The van der Waals surface area contributed by atoms with E-state index in [-0.39, 0.29) is 48.7 Å². The molecule has 4 rings (SSSR count). The fourth-order valence-corrected chi connectivity index (χ4v) is 6.01. The van der Waals surface area contributed by atoms with Crippen LogP contribution >= 0.6 is 0 Å². The highest BCUT2D eigenvalue weighted by Gasteiger charge is 2.30. The first-order chi connectivity index (χ1) is 15.8. The third kappa shape index (κ3) is 5.45. The fraction of sp³-hybridized carbons (Fsp3) is 0.440. The number of aryl methyl sites for hydroxylation is 2. The molecule has 2 aromatic carbocycles. The summed E-state index contributed by atoms with van der Waals surface area (Å²) >= 11 is 0. The maximum absolute atomic E-state index is 12.8. The predicted octanol–water partition coefficient (Wildman–Crippen LogP) is 2.80. The van der Waals surface area contributed by atoms with Crippen molar-refractivity contribution in [2.75, 3.05) is 26.2 Å². The zero-order valence-corrected chi connectivity index (χ0v) is 19.8. The highest BCUT2D eigenvalue weighted by Crippen LogP contribution is 2.29. The second-order valence-corrected chi connectivity index (χ2v) is 10.7. The molecule has 1 atom stereocenters. The molecule has 0 unspecified atom stereocenters. The minimum absolute atomic E-state index is 0.00748.